The van der Waals surface area contributed by atoms with Crippen LogP contribution < -0.4 is 0 Å². The molecule has 4 nitrogen and oxygen atoms in total. The SMILES string of the molecule is C=[N+]([O-])/C(=C\C(=O)OCC)C(F)F. The van der Waals surface area contributed by atoms with Crippen molar-refractivity contribution in [3.8, 4) is 0 Å². The maximum atomic E-state index is 12.0. The van der Waals surface area contributed by atoms with Crippen molar-refractivity contribution in [2.75, 3.05) is 6.61 Å². The fourth-order valence-corrected chi connectivity index (χ4v) is 0.549. The lowest BCUT2D eigenvalue weighted by molar-refractivity contribution is -0.406. The van der Waals surface area contributed by atoms with E-state index in [1.165, 1.54) is 6.92 Å². The Balaban J connectivity index is 4.54. The molecule has 0 aromatic carbocycles. The maximum Gasteiger partial charge on any atom is 0.337 e. The summed E-state index contributed by atoms with van der Waals surface area (Å²) in [7, 11) is 0. The molecule has 0 N–H and O–H groups in total. The van der Waals surface area contributed by atoms with E-state index in [4.69, 9.17) is 0 Å². The number of halogens is 2. The van der Waals surface area contributed by atoms with E-state index < -0.39 is 18.1 Å². The lowest BCUT2D eigenvalue weighted by Crippen LogP contribution is -2.12. The molecule has 13 heavy (non-hydrogen) atoms. The first-order valence-corrected chi connectivity index (χ1v) is 3.43. The fraction of sp³-hybridized carbons (Fsp3) is 0.429. The van der Waals surface area contributed by atoms with Crippen molar-refractivity contribution in [2.24, 2.45) is 0 Å². The van der Waals surface area contributed by atoms with Crippen LogP contribution in [0.25, 0.3) is 0 Å². The van der Waals surface area contributed by atoms with E-state index in [1.807, 2.05) is 0 Å². The van der Waals surface area contributed by atoms with Crippen LogP contribution in [0.1, 0.15) is 6.92 Å². The summed E-state index contributed by atoms with van der Waals surface area (Å²) in [4.78, 5) is 10.6. The molecule has 0 rings (SSSR count). The molecule has 0 spiro atoms. The van der Waals surface area contributed by atoms with Crippen molar-refractivity contribution in [3.63, 3.8) is 0 Å². The van der Waals surface area contributed by atoms with E-state index in [0.717, 1.165) is 0 Å². The van der Waals surface area contributed by atoms with Crippen LogP contribution in [0.2, 0.25) is 0 Å². The molecular formula is C7H9F2NO3. The fourth-order valence-electron chi connectivity index (χ4n) is 0.549. The van der Waals surface area contributed by atoms with Crippen LogP contribution in [0.3, 0.4) is 0 Å². The molecule has 0 amide bonds. The highest BCUT2D eigenvalue weighted by Gasteiger charge is 2.20. The van der Waals surface area contributed by atoms with E-state index in [2.05, 4.69) is 11.5 Å². The summed E-state index contributed by atoms with van der Waals surface area (Å²) < 4.78 is 28.0. The third kappa shape index (κ3) is 4.19. The van der Waals surface area contributed by atoms with Crippen molar-refractivity contribution in [2.45, 2.75) is 13.3 Å². The molecule has 0 atom stereocenters. The minimum atomic E-state index is -3.04. The molecule has 0 aliphatic rings. The van der Waals surface area contributed by atoms with Gasteiger partial charge in [-0.3, -0.25) is 0 Å². The number of carbonyl (C=O) groups is 1. The molecule has 0 fully saturated rings. The molecule has 0 aromatic rings. The number of allylic oxidation sites excluding steroid dienone is 1. The molecule has 0 aliphatic carbocycles. The van der Waals surface area contributed by atoms with Crippen LogP contribution in [0.4, 0.5) is 8.78 Å². The molecule has 0 unspecified atom stereocenters. The summed E-state index contributed by atoms with van der Waals surface area (Å²) in [5.74, 6) is -0.984. The van der Waals surface area contributed by atoms with Crippen LogP contribution in [0, 0.1) is 5.21 Å². The monoisotopic (exact) mass is 193 g/mol. The van der Waals surface area contributed by atoms with Crippen molar-refractivity contribution in [3.05, 3.63) is 17.0 Å². The minimum absolute atomic E-state index is 0.0574. The molecule has 0 aliphatic heterocycles. The number of hydroxylamine groups is 1. The number of esters is 1. The summed E-state index contributed by atoms with van der Waals surface area (Å²) in [5.41, 5.74) is -1.02. The number of alkyl halides is 2. The van der Waals surface area contributed by atoms with Gasteiger partial charge in [0.25, 0.3) is 5.70 Å². The largest absolute Gasteiger partial charge is 0.619 e. The smallest absolute Gasteiger partial charge is 0.337 e. The van der Waals surface area contributed by atoms with Crippen LogP contribution in [0.5, 0.6) is 0 Å². The van der Waals surface area contributed by atoms with Gasteiger partial charge < -0.3 is 9.94 Å². The molecule has 0 aromatic heterocycles. The average Bonchev–Trinajstić information content (AvgIpc) is 1.99. The first-order valence-electron chi connectivity index (χ1n) is 3.43. The van der Waals surface area contributed by atoms with Gasteiger partial charge in [-0.1, -0.05) is 0 Å². The van der Waals surface area contributed by atoms with Gasteiger partial charge in [-0.05, 0) is 6.92 Å². The minimum Gasteiger partial charge on any atom is -0.619 e. The van der Waals surface area contributed by atoms with Crippen molar-refractivity contribution in [1.29, 1.82) is 0 Å². The number of nitrogens with zero attached hydrogens (tertiary/aromatic N) is 1. The summed E-state index contributed by atoms with van der Waals surface area (Å²) in [6, 6.07) is 0. The third-order valence-corrected chi connectivity index (χ3v) is 1.06. The van der Waals surface area contributed by atoms with Gasteiger partial charge in [0, 0.05) is 0 Å². The van der Waals surface area contributed by atoms with Crippen molar-refractivity contribution < 1.29 is 23.1 Å². The first kappa shape index (κ1) is 11.5. The molecule has 0 radical (unpaired) electrons. The second kappa shape index (κ2) is 5.23. The molecule has 0 saturated carbocycles. The summed E-state index contributed by atoms with van der Waals surface area (Å²) in [6.45, 7) is 4.27. The Hall–Kier alpha value is -1.46. The lowest BCUT2D eigenvalue weighted by atomic mass is 10.4. The predicted molar refractivity (Wildman–Crippen MR) is 41.5 cm³/mol. The Morgan fingerprint density at radius 3 is 2.62 bits per heavy atom. The number of carbonyl (C=O) groups excluding carboxylic acids is 1. The van der Waals surface area contributed by atoms with Gasteiger partial charge in [-0.2, -0.15) is 13.5 Å². The lowest BCUT2D eigenvalue weighted by Gasteiger charge is -2.03. The second-order valence-electron chi connectivity index (χ2n) is 2.00. The summed E-state index contributed by atoms with van der Waals surface area (Å²) >= 11 is 0. The summed E-state index contributed by atoms with van der Waals surface area (Å²) in [5, 5.41) is 10.4. The Morgan fingerprint density at radius 1 is 1.77 bits per heavy atom. The zero-order valence-corrected chi connectivity index (χ0v) is 7.00. The standard InChI is InChI=1S/C7H9F2NO3/c1-3-13-6(11)4-5(7(8)9)10(2)12/h4,7H,2-3H2,1H3/b5-4-. The Bertz CT molecular complexity index is 238. The zero-order valence-electron chi connectivity index (χ0n) is 7.00. The number of hydrogen-bond acceptors (Lipinski definition) is 3. The number of rotatable bonds is 4. The molecular weight excluding hydrogens is 184 g/mol. The number of hydrogen-bond donors (Lipinski definition) is 0. The van der Waals surface area contributed by atoms with Crippen LogP contribution >= 0.6 is 0 Å². The van der Waals surface area contributed by atoms with Crippen LogP contribution in [-0.2, 0) is 9.53 Å². The first-order chi connectivity index (χ1) is 5.99. The Morgan fingerprint density at radius 2 is 2.31 bits per heavy atom. The molecule has 0 heterocycles. The average molecular weight is 193 g/mol. The van der Waals surface area contributed by atoms with E-state index in [1.54, 1.807) is 0 Å². The Labute approximate surface area is 73.7 Å². The van der Waals surface area contributed by atoms with Crippen LogP contribution in [0.15, 0.2) is 11.8 Å². The van der Waals surface area contributed by atoms with Crippen molar-refractivity contribution >= 4 is 12.7 Å². The van der Waals surface area contributed by atoms with Gasteiger partial charge in [0.05, 0.1) is 12.7 Å². The number of ether oxygens (including phenoxy) is 1. The predicted octanol–water partition coefficient (Wildman–Crippen LogP) is 0.909. The van der Waals surface area contributed by atoms with Gasteiger partial charge >= 0.3 is 12.4 Å². The second-order valence-corrected chi connectivity index (χ2v) is 2.00. The van der Waals surface area contributed by atoms with E-state index >= 15 is 0 Å². The highest BCUT2D eigenvalue weighted by atomic mass is 19.3. The summed E-state index contributed by atoms with van der Waals surface area (Å²) in [6.07, 6.45) is -2.62. The molecule has 6 heteroatoms. The third-order valence-electron chi connectivity index (χ3n) is 1.06. The van der Waals surface area contributed by atoms with E-state index in [0.29, 0.717) is 6.08 Å². The van der Waals surface area contributed by atoms with Crippen LogP contribution in [-0.4, -0.2) is 30.5 Å². The van der Waals surface area contributed by atoms with Gasteiger partial charge in [0.15, 0.2) is 0 Å². The van der Waals surface area contributed by atoms with Gasteiger partial charge in [0.2, 0.25) is 0 Å². The molecule has 0 saturated heterocycles. The van der Waals surface area contributed by atoms with E-state index in [9.17, 15) is 18.8 Å². The zero-order chi connectivity index (χ0) is 10.4. The Kier molecular flexibility index (Phi) is 4.64. The quantitative estimate of drug-likeness (QED) is 0.166. The maximum absolute atomic E-state index is 12.0. The van der Waals surface area contributed by atoms with Gasteiger partial charge in [-0.15, -0.1) is 0 Å². The highest BCUT2D eigenvalue weighted by molar-refractivity contribution is 5.82. The molecule has 0 bridgehead atoms. The van der Waals surface area contributed by atoms with Gasteiger partial charge in [0.1, 0.15) is 6.72 Å². The topological polar surface area (TPSA) is 52.4 Å². The molecule has 74 valence electrons. The van der Waals surface area contributed by atoms with E-state index in [-0.39, 0.29) is 11.3 Å². The van der Waals surface area contributed by atoms with Gasteiger partial charge in [-0.25, -0.2) is 4.79 Å². The van der Waals surface area contributed by atoms with Crippen molar-refractivity contribution in [1.82, 2.24) is 0 Å². The highest BCUT2D eigenvalue weighted by Crippen LogP contribution is 2.08. The normalized spacial score (nSPS) is 11.5.